The highest BCUT2D eigenvalue weighted by atomic mass is 15.3. The van der Waals surface area contributed by atoms with E-state index >= 15 is 0 Å². The third-order valence-corrected chi connectivity index (χ3v) is 2.53. The highest BCUT2D eigenvalue weighted by molar-refractivity contribution is 5.38. The van der Waals surface area contributed by atoms with Gasteiger partial charge in [-0.15, -0.1) is 0 Å². The number of aromatic nitrogens is 5. The maximum Gasteiger partial charge on any atom is 0.0788 e. The van der Waals surface area contributed by atoms with E-state index in [1.807, 2.05) is 48.3 Å². The minimum absolute atomic E-state index is 0.722. The SMILES string of the molecule is Cc1cn2cc(-n3nc(C)cc3C)[n-]c2n1. The van der Waals surface area contributed by atoms with Gasteiger partial charge in [-0.3, -0.25) is 4.68 Å². The lowest BCUT2D eigenvalue weighted by Crippen LogP contribution is -2.00. The molecule has 0 aliphatic carbocycles. The zero-order valence-corrected chi connectivity index (χ0v) is 9.47. The summed E-state index contributed by atoms with van der Waals surface area (Å²) in [5.74, 6) is 1.54. The summed E-state index contributed by atoms with van der Waals surface area (Å²) in [4.78, 5) is 8.74. The summed E-state index contributed by atoms with van der Waals surface area (Å²) in [5, 5.41) is 4.39. The van der Waals surface area contributed by atoms with Crippen LogP contribution in [0.15, 0.2) is 18.5 Å². The van der Waals surface area contributed by atoms with Gasteiger partial charge in [-0.1, -0.05) is 0 Å². The molecule has 3 heterocycles. The first-order valence-electron chi connectivity index (χ1n) is 5.16. The highest BCUT2D eigenvalue weighted by Crippen LogP contribution is 2.11. The first kappa shape index (κ1) is 9.21. The molecule has 0 saturated carbocycles. The van der Waals surface area contributed by atoms with Gasteiger partial charge in [0.25, 0.3) is 0 Å². The maximum absolute atomic E-state index is 4.43. The van der Waals surface area contributed by atoms with Crippen molar-refractivity contribution in [1.29, 1.82) is 0 Å². The third kappa shape index (κ3) is 1.25. The van der Waals surface area contributed by atoms with Gasteiger partial charge in [-0.25, -0.2) is 5.10 Å². The van der Waals surface area contributed by atoms with Crippen molar-refractivity contribution >= 4 is 5.78 Å². The molecule has 0 bridgehead atoms. The van der Waals surface area contributed by atoms with Gasteiger partial charge < -0.3 is 14.4 Å². The van der Waals surface area contributed by atoms with Crippen molar-refractivity contribution in [1.82, 2.24) is 24.1 Å². The molecule has 5 heteroatoms. The molecular formula is C11H12N5-. The highest BCUT2D eigenvalue weighted by Gasteiger charge is 2.02. The number of nitrogens with zero attached hydrogens (tertiary/aromatic N) is 5. The quantitative estimate of drug-likeness (QED) is 0.615. The summed E-state index contributed by atoms with van der Waals surface area (Å²) in [7, 11) is 0. The fourth-order valence-corrected chi connectivity index (χ4v) is 1.90. The molecule has 0 saturated heterocycles. The Hall–Kier alpha value is -2.04. The predicted molar refractivity (Wildman–Crippen MR) is 59.8 cm³/mol. The van der Waals surface area contributed by atoms with E-state index in [2.05, 4.69) is 15.1 Å². The van der Waals surface area contributed by atoms with Gasteiger partial charge >= 0.3 is 0 Å². The molecule has 5 nitrogen and oxygen atoms in total. The summed E-state index contributed by atoms with van der Waals surface area (Å²) >= 11 is 0. The van der Waals surface area contributed by atoms with E-state index in [0.29, 0.717) is 0 Å². The smallest absolute Gasteiger partial charge is 0.0788 e. The van der Waals surface area contributed by atoms with Crippen LogP contribution in [0.3, 0.4) is 0 Å². The average molecular weight is 214 g/mol. The van der Waals surface area contributed by atoms with Gasteiger partial charge in [0.2, 0.25) is 0 Å². The summed E-state index contributed by atoms with van der Waals surface area (Å²) in [6.07, 6.45) is 3.90. The van der Waals surface area contributed by atoms with E-state index in [1.165, 1.54) is 0 Å². The molecule has 0 atom stereocenters. The first-order valence-corrected chi connectivity index (χ1v) is 5.16. The molecule has 0 aromatic carbocycles. The largest absolute Gasteiger partial charge is 0.357 e. The van der Waals surface area contributed by atoms with Gasteiger partial charge in [0.1, 0.15) is 0 Å². The lowest BCUT2D eigenvalue weighted by Gasteiger charge is -2.04. The van der Waals surface area contributed by atoms with E-state index in [9.17, 15) is 0 Å². The Balaban J connectivity index is 2.18. The second-order valence-corrected chi connectivity index (χ2v) is 4.03. The Kier molecular flexibility index (Phi) is 1.71. The van der Waals surface area contributed by atoms with Crippen LogP contribution < -0.4 is 4.98 Å². The Morgan fingerprint density at radius 3 is 2.56 bits per heavy atom. The topological polar surface area (TPSA) is 49.2 Å². The number of hydrogen-bond donors (Lipinski definition) is 0. The monoisotopic (exact) mass is 214 g/mol. The zero-order chi connectivity index (χ0) is 11.3. The van der Waals surface area contributed by atoms with Crippen molar-refractivity contribution in [3.05, 3.63) is 35.5 Å². The van der Waals surface area contributed by atoms with E-state index in [1.54, 1.807) is 0 Å². The fraction of sp³-hybridized carbons (Fsp3) is 0.273. The summed E-state index contributed by atoms with van der Waals surface area (Å²) in [6.45, 7) is 5.95. The lowest BCUT2D eigenvalue weighted by molar-refractivity contribution is 0.809. The van der Waals surface area contributed by atoms with Gasteiger partial charge in [-0.2, -0.15) is 0 Å². The Morgan fingerprint density at radius 1 is 1.12 bits per heavy atom. The minimum Gasteiger partial charge on any atom is -0.357 e. The molecule has 0 radical (unpaired) electrons. The van der Waals surface area contributed by atoms with Crippen molar-refractivity contribution in [2.75, 3.05) is 0 Å². The van der Waals surface area contributed by atoms with Gasteiger partial charge in [0.15, 0.2) is 0 Å². The molecule has 16 heavy (non-hydrogen) atoms. The zero-order valence-electron chi connectivity index (χ0n) is 9.47. The van der Waals surface area contributed by atoms with Crippen molar-refractivity contribution < 1.29 is 0 Å². The van der Waals surface area contributed by atoms with Crippen LogP contribution in [-0.4, -0.2) is 19.2 Å². The van der Waals surface area contributed by atoms with E-state index in [-0.39, 0.29) is 0 Å². The van der Waals surface area contributed by atoms with Crippen LogP contribution in [0.4, 0.5) is 0 Å². The minimum atomic E-state index is 0.722. The first-order chi connectivity index (χ1) is 7.63. The summed E-state index contributed by atoms with van der Waals surface area (Å²) < 4.78 is 3.75. The lowest BCUT2D eigenvalue weighted by atomic mass is 10.4. The Bertz CT molecular complexity index is 624. The molecule has 3 aromatic rings. The van der Waals surface area contributed by atoms with Crippen LogP contribution in [0, 0.1) is 20.8 Å². The summed E-state index contributed by atoms with van der Waals surface area (Å²) in [5.41, 5.74) is 3.05. The maximum atomic E-state index is 4.43. The van der Waals surface area contributed by atoms with Gasteiger partial charge in [0.05, 0.1) is 11.6 Å². The molecule has 3 aromatic heterocycles. The molecule has 0 aliphatic rings. The normalized spacial score (nSPS) is 11.4. The third-order valence-electron chi connectivity index (χ3n) is 2.53. The van der Waals surface area contributed by atoms with Crippen LogP contribution in [0.5, 0.6) is 0 Å². The number of fused-ring (bicyclic) bond motifs is 1. The summed E-state index contributed by atoms with van der Waals surface area (Å²) in [6, 6.07) is 2.03. The number of aryl methyl sites for hydroxylation is 3. The average Bonchev–Trinajstić information content (AvgIpc) is 2.78. The molecular weight excluding hydrogens is 202 g/mol. The number of rotatable bonds is 1. The number of hydrogen-bond acceptors (Lipinski definition) is 2. The van der Waals surface area contributed by atoms with Crippen molar-refractivity contribution in [2.45, 2.75) is 20.8 Å². The molecule has 82 valence electrons. The van der Waals surface area contributed by atoms with E-state index in [0.717, 1.165) is 28.7 Å². The van der Waals surface area contributed by atoms with Crippen LogP contribution in [-0.2, 0) is 0 Å². The van der Waals surface area contributed by atoms with Crippen LogP contribution in [0.1, 0.15) is 17.1 Å². The molecule has 0 N–H and O–H groups in total. The predicted octanol–water partition coefficient (Wildman–Crippen LogP) is 1.40. The van der Waals surface area contributed by atoms with Crippen LogP contribution in [0.2, 0.25) is 0 Å². The van der Waals surface area contributed by atoms with E-state index in [4.69, 9.17) is 0 Å². The van der Waals surface area contributed by atoms with Crippen LogP contribution in [0.25, 0.3) is 11.6 Å². The number of imidazole rings is 2. The Labute approximate surface area is 92.7 Å². The molecule has 0 spiro atoms. The standard InChI is InChI=1S/C11H12N5/c1-7-4-9(3)16(14-7)10-6-15-5-8(2)12-11(15)13-10/h4-6H,1-3H3/q-1. The molecule has 0 aliphatic heterocycles. The molecule has 0 unspecified atom stereocenters. The second-order valence-electron chi connectivity index (χ2n) is 4.03. The van der Waals surface area contributed by atoms with Crippen LogP contribution >= 0.6 is 0 Å². The van der Waals surface area contributed by atoms with Crippen molar-refractivity contribution in [3.8, 4) is 5.82 Å². The van der Waals surface area contributed by atoms with Gasteiger partial charge in [0, 0.05) is 5.69 Å². The van der Waals surface area contributed by atoms with Crippen molar-refractivity contribution in [3.63, 3.8) is 0 Å². The van der Waals surface area contributed by atoms with Gasteiger partial charge in [-0.05, 0) is 50.6 Å². The second kappa shape index (κ2) is 2.98. The van der Waals surface area contributed by atoms with Crippen molar-refractivity contribution in [2.24, 2.45) is 0 Å². The Morgan fingerprint density at radius 2 is 1.94 bits per heavy atom. The fourth-order valence-electron chi connectivity index (χ4n) is 1.90. The molecule has 3 rings (SSSR count). The molecule has 0 amide bonds. The molecule has 0 fully saturated rings. The van der Waals surface area contributed by atoms with E-state index < -0.39 is 0 Å².